The zero-order chi connectivity index (χ0) is 10.6. The van der Waals surface area contributed by atoms with Gasteiger partial charge in [-0.1, -0.05) is 0 Å². The predicted octanol–water partition coefficient (Wildman–Crippen LogP) is 0.490. The van der Waals surface area contributed by atoms with Crippen molar-refractivity contribution in [3.8, 4) is 0 Å². The van der Waals surface area contributed by atoms with Crippen LogP contribution in [0.25, 0.3) is 0 Å². The number of alkyl halides is 2. The third kappa shape index (κ3) is 1.33. The van der Waals surface area contributed by atoms with Crippen LogP contribution in [-0.4, -0.2) is 41.9 Å². The normalized spacial score (nSPS) is 43.9. The summed E-state index contributed by atoms with van der Waals surface area (Å²) in [7, 11) is 0. The Labute approximate surface area is 79.7 Å². The predicted molar refractivity (Wildman–Crippen MR) is 40.7 cm³/mol. The van der Waals surface area contributed by atoms with E-state index < -0.39 is 36.8 Å². The second-order valence-corrected chi connectivity index (χ2v) is 3.91. The second kappa shape index (κ2) is 2.85. The van der Waals surface area contributed by atoms with Crippen molar-refractivity contribution < 1.29 is 28.1 Å². The SMILES string of the molecule is CC1(C)OC2[C@H](O[C@H](CO)C2(F)F)O1. The van der Waals surface area contributed by atoms with Gasteiger partial charge in [-0.2, -0.15) is 0 Å². The molecule has 3 atom stereocenters. The Morgan fingerprint density at radius 2 is 1.93 bits per heavy atom. The Morgan fingerprint density at radius 1 is 1.29 bits per heavy atom. The molecule has 0 spiro atoms. The summed E-state index contributed by atoms with van der Waals surface area (Å²) < 4.78 is 41.8. The van der Waals surface area contributed by atoms with E-state index in [1.165, 1.54) is 0 Å². The molecule has 82 valence electrons. The molecule has 2 aliphatic rings. The van der Waals surface area contributed by atoms with Crippen LogP contribution >= 0.6 is 0 Å². The van der Waals surface area contributed by atoms with Crippen molar-refractivity contribution in [3.05, 3.63) is 0 Å². The van der Waals surface area contributed by atoms with Crippen LogP contribution in [0.1, 0.15) is 13.8 Å². The fraction of sp³-hybridized carbons (Fsp3) is 1.00. The number of hydrogen-bond acceptors (Lipinski definition) is 4. The lowest BCUT2D eigenvalue weighted by Crippen LogP contribution is -2.42. The average molecular weight is 210 g/mol. The van der Waals surface area contributed by atoms with Crippen molar-refractivity contribution in [3.63, 3.8) is 0 Å². The van der Waals surface area contributed by atoms with E-state index in [0.29, 0.717) is 0 Å². The molecule has 0 bridgehead atoms. The van der Waals surface area contributed by atoms with Gasteiger partial charge in [0, 0.05) is 0 Å². The summed E-state index contributed by atoms with van der Waals surface area (Å²) in [4.78, 5) is 0. The van der Waals surface area contributed by atoms with Crippen molar-refractivity contribution >= 4 is 0 Å². The maximum absolute atomic E-state index is 13.4. The first-order chi connectivity index (χ1) is 6.37. The molecule has 2 saturated heterocycles. The summed E-state index contributed by atoms with van der Waals surface area (Å²) in [5.41, 5.74) is 0. The summed E-state index contributed by atoms with van der Waals surface area (Å²) in [6.45, 7) is 2.34. The molecule has 0 aromatic rings. The van der Waals surface area contributed by atoms with Gasteiger partial charge >= 0.3 is 5.92 Å². The summed E-state index contributed by atoms with van der Waals surface area (Å²) in [6.07, 6.45) is -4.04. The Hall–Kier alpha value is -0.300. The highest BCUT2D eigenvalue weighted by molar-refractivity contribution is 4.98. The summed E-state index contributed by atoms with van der Waals surface area (Å²) in [5, 5.41) is 8.67. The Bertz CT molecular complexity index is 243. The van der Waals surface area contributed by atoms with Crippen LogP contribution in [0.5, 0.6) is 0 Å². The maximum Gasteiger partial charge on any atom is 0.306 e. The van der Waals surface area contributed by atoms with E-state index in [9.17, 15) is 8.78 Å². The number of halogens is 2. The minimum Gasteiger partial charge on any atom is -0.393 e. The van der Waals surface area contributed by atoms with Gasteiger partial charge in [-0.15, -0.1) is 0 Å². The average Bonchev–Trinajstić information content (AvgIpc) is 2.45. The highest BCUT2D eigenvalue weighted by Crippen LogP contribution is 2.45. The molecule has 2 aliphatic heterocycles. The number of aliphatic hydroxyl groups excluding tert-OH is 1. The highest BCUT2D eigenvalue weighted by Gasteiger charge is 2.65. The smallest absolute Gasteiger partial charge is 0.306 e. The van der Waals surface area contributed by atoms with Gasteiger partial charge in [0.1, 0.15) is 0 Å². The fourth-order valence-corrected chi connectivity index (χ4v) is 1.69. The number of ether oxygens (including phenoxy) is 3. The molecule has 6 heteroatoms. The summed E-state index contributed by atoms with van der Waals surface area (Å²) in [5.74, 6) is -4.26. The first kappa shape index (κ1) is 10.2. The lowest BCUT2D eigenvalue weighted by atomic mass is 10.1. The minimum absolute atomic E-state index is 0.743. The highest BCUT2D eigenvalue weighted by atomic mass is 19.3. The van der Waals surface area contributed by atoms with Crippen LogP contribution < -0.4 is 0 Å². The maximum atomic E-state index is 13.4. The topological polar surface area (TPSA) is 47.9 Å². The Kier molecular flexibility index (Phi) is 2.08. The number of hydrogen-bond donors (Lipinski definition) is 1. The number of fused-ring (bicyclic) bond motifs is 1. The number of aliphatic hydroxyl groups is 1. The van der Waals surface area contributed by atoms with Gasteiger partial charge in [0.25, 0.3) is 0 Å². The van der Waals surface area contributed by atoms with Crippen molar-refractivity contribution in [1.29, 1.82) is 0 Å². The molecule has 0 amide bonds. The van der Waals surface area contributed by atoms with E-state index in [2.05, 4.69) is 0 Å². The zero-order valence-corrected chi connectivity index (χ0v) is 7.87. The van der Waals surface area contributed by atoms with Crippen molar-refractivity contribution in [2.24, 2.45) is 0 Å². The van der Waals surface area contributed by atoms with Gasteiger partial charge in [0.2, 0.25) is 0 Å². The van der Waals surface area contributed by atoms with E-state index in [4.69, 9.17) is 19.3 Å². The lowest BCUT2D eigenvalue weighted by Gasteiger charge is -2.24. The van der Waals surface area contributed by atoms with E-state index in [1.807, 2.05) is 0 Å². The molecule has 2 heterocycles. The van der Waals surface area contributed by atoms with Gasteiger partial charge in [-0.3, -0.25) is 0 Å². The molecular weight excluding hydrogens is 198 g/mol. The molecule has 0 saturated carbocycles. The minimum atomic E-state index is -3.20. The fourth-order valence-electron chi connectivity index (χ4n) is 1.69. The third-order valence-corrected chi connectivity index (χ3v) is 2.33. The standard InChI is InChI=1S/C8H12F2O4/c1-7(2)13-5-6(14-7)12-4(3-11)8(5,9)10/h4-6,11H,3H2,1-2H3/t4-,5?,6-/m1/s1. The quantitative estimate of drug-likeness (QED) is 0.684. The van der Waals surface area contributed by atoms with Gasteiger partial charge in [0.15, 0.2) is 24.3 Å². The van der Waals surface area contributed by atoms with Crippen LogP contribution in [0.3, 0.4) is 0 Å². The Morgan fingerprint density at radius 3 is 2.43 bits per heavy atom. The molecule has 1 N–H and O–H groups in total. The molecule has 14 heavy (non-hydrogen) atoms. The van der Waals surface area contributed by atoms with Gasteiger partial charge in [0.05, 0.1) is 6.61 Å². The van der Waals surface area contributed by atoms with E-state index >= 15 is 0 Å². The third-order valence-electron chi connectivity index (χ3n) is 2.33. The second-order valence-electron chi connectivity index (χ2n) is 3.91. The van der Waals surface area contributed by atoms with Crippen LogP contribution in [0.2, 0.25) is 0 Å². The van der Waals surface area contributed by atoms with Crippen LogP contribution in [0, 0.1) is 0 Å². The van der Waals surface area contributed by atoms with E-state index in [0.717, 1.165) is 0 Å². The van der Waals surface area contributed by atoms with Gasteiger partial charge in [-0.05, 0) is 13.8 Å². The molecule has 2 fully saturated rings. The molecule has 0 aliphatic carbocycles. The first-order valence-electron chi connectivity index (χ1n) is 4.36. The summed E-state index contributed by atoms with van der Waals surface area (Å²) >= 11 is 0. The largest absolute Gasteiger partial charge is 0.393 e. The molecule has 1 unspecified atom stereocenters. The van der Waals surface area contributed by atoms with Crippen LogP contribution in [0.15, 0.2) is 0 Å². The first-order valence-corrected chi connectivity index (χ1v) is 4.36. The number of rotatable bonds is 1. The van der Waals surface area contributed by atoms with Crippen molar-refractivity contribution in [2.75, 3.05) is 6.61 Å². The Balaban J connectivity index is 2.18. The summed E-state index contributed by atoms with van der Waals surface area (Å²) in [6, 6.07) is 0. The van der Waals surface area contributed by atoms with E-state index in [1.54, 1.807) is 13.8 Å². The molecule has 0 aromatic carbocycles. The van der Waals surface area contributed by atoms with Gasteiger partial charge < -0.3 is 19.3 Å². The monoisotopic (exact) mass is 210 g/mol. The molecule has 2 rings (SSSR count). The lowest BCUT2D eigenvalue weighted by molar-refractivity contribution is -0.241. The molecule has 0 aromatic heterocycles. The molecule has 4 nitrogen and oxygen atoms in total. The zero-order valence-electron chi connectivity index (χ0n) is 7.87. The van der Waals surface area contributed by atoms with Crippen molar-refractivity contribution in [2.45, 2.75) is 44.1 Å². The van der Waals surface area contributed by atoms with Crippen molar-refractivity contribution in [1.82, 2.24) is 0 Å². The van der Waals surface area contributed by atoms with E-state index in [-0.39, 0.29) is 0 Å². The van der Waals surface area contributed by atoms with Crippen LogP contribution in [0.4, 0.5) is 8.78 Å². The molecular formula is C8H12F2O4. The molecule has 0 radical (unpaired) electrons. The van der Waals surface area contributed by atoms with Gasteiger partial charge in [-0.25, -0.2) is 8.78 Å². The van der Waals surface area contributed by atoms with Crippen LogP contribution in [-0.2, 0) is 14.2 Å².